The Kier molecular flexibility index (Phi) is 2.87. The lowest BCUT2D eigenvalue weighted by atomic mass is 10.0. The van der Waals surface area contributed by atoms with Crippen LogP contribution in [-0.4, -0.2) is 21.3 Å². The fourth-order valence-corrected chi connectivity index (χ4v) is 4.40. The minimum Gasteiger partial charge on any atom is -0.312 e. The van der Waals surface area contributed by atoms with Crippen molar-refractivity contribution < 1.29 is 0 Å². The second-order valence-electron chi connectivity index (χ2n) is 6.50. The van der Waals surface area contributed by atoms with Gasteiger partial charge in [-0.25, -0.2) is 0 Å². The minimum absolute atomic E-state index is 0.431. The second-order valence-corrected chi connectivity index (χ2v) is 6.50. The lowest BCUT2D eigenvalue weighted by Gasteiger charge is -2.24. The van der Waals surface area contributed by atoms with E-state index in [2.05, 4.69) is 27.0 Å². The van der Waals surface area contributed by atoms with E-state index < -0.39 is 0 Å². The Hall–Kier alpha value is -0.900. The van der Waals surface area contributed by atoms with Crippen LogP contribution in [-0.2, 0) is 6.54 Å². The van der Waals surface area contributed by atoms with Crippen molar-refractivity contribution in [3.8, 4) is 0 Å². The lowest BCUT2D eigenvalue weighted by Crippen LogP contribution is -2.34. The molecule has 1 N–H and O–H groups in total. The van der Waals surface area contributed by atoms with Gasteiger partial charge in [-0.05, 0) is 31.1 Å². The molecule has 4 nitrogen and oxygen atoms in total. The van der Waals surface area contributed by atoms with Crippen LogP contribution in [0.3, 0.4) is 0 Å². The van der Waals surface area contributed by atoms with Gasteiger partial charge in [0.05, 0.1) is 6.04 Å². The largest absolute Gasteiger partial charge is 0.312 e. The molecule has 1 aromatic heterocycles. The second kappa shape index (κ2) is 4.58. The van der Waals surface area contributed by atoms with Gasteiger partial charge < -0.3 is 9.88 Å². The maximum atomic E-state index is 4.59. The Balaban J connectivity index is 1.61. The predicted octanol–water partition coefficient (Wildman–Crippen LogP) is 2.63. The Morgan fingerprint density at radius 1 is 1.16 bits per heavy atom. The molecule has 0 aromatic carbocycles. The quantitative estimate of drug-likeness (QED) is 0.908. The molecule has 3 unspecified atom stereocenters. The fraction of sp³-hybridized carbons (Fsp3) is 0.867. The van der Waals surface area contributed by atoms with Crippen molar-refractivity contribution in [2.45, 2.75) is 64.0 Å². The monoisotopic (exact) mass is 260 g/mol. The molecule has 4 rings (SSSR count). The van der Waals surface area contributed by atoms with Crippen LogP contribution >= 0.6 is 0 Å². The van der Waals surface area contributed by atoms with Crippen molar-refractivity contribution in [2.75, 3.05) is 6.54 Å². The van der Waals surface area contributed by atoms with Crippen LogP contribution in [0, 0.1) is 11.8 Å². The van der Waals surface area contributed by atoms with E-state index >= 15 is 0 Å². The highest BCUT2D eigenvalue weighted by atomic mass is 15.3. The molecular weight excluding hydrogens is 236 g/mol. The summed E-state index contributed by atoms with van der Waals surface area (Å²) in [6.07, 6.45) is 8.09. The van der Waals surface area contributed by atoms with Gasteiger partial charge in [-0.15, -0.1) is 10.2 Å². The maximum Gasteiger partial charge on any atom is 0.150 e. The summed E-state index contributed by atoms with van der Waals surface area (Å²) in [4.78, 5) is 0. The first-order valence-electron chi connectivity index (χ1n) is 8.06. The first kappa shape index (κ1) is 11.9. The van der Waals surface area contributed by atoms with Gasteiger partial charge in [-0.2, -0.15) is 0 Å². The number of nitrogens with one attached hydrogen (secondary N) is 1. The number of rotatable bonds is 3. The molecule has 3 aliphatic rings. The van der Waals surface area contributed by atoms with Crippen molar-refractivity contribution in [3.63, 3.8) is 0 Å². The molecule has 1 aromatic rings. The van der Waals surface area contributed by atoms with Crippen LogP contribution in [0.2, 0.25) is 0 Å². The van der Waals surface area contributed by atoms with E-state index in [1.165, 1.54) is 50.2 Å². The van der Waals surface area contributed by atoms with E-state index in [1.807, 2.05) is 0 Å². The molecule has 19 heavy (non-hydrogen) atoms. The van der Waals surface area contributed by atoms with Crippen molar-refractivity contribution in [2.24, 2.45) is 11.8 Å². The standard InChI is InChI=1S/C15H24N4/c1-2-5-12-14-17-18-15(19(14)9-8-16-12)13-10-6-3-4-7-11(10)13/h10-13,16H,2-9H2,1H3. The van der Waals surface area contributed by atoms with Crippen LogP contribution in [0.4, 0.5) is 0 Å². The summed E-state index contributed by atoms with van der Waals surface area (Å²) in [6.45, 7) is 4.38. The van der Waals surface area contributed by atoms with Crippen molar-refractivity contribution in [3.05, 3.63) is 11.6 Å². The average Bonchev–Trinajstić information content (AvgIpc) is 3.01. The van der Waals surface area contributed by atoms with Gasteiger partial charge >= 0.3 is 0 Å². The Labute approximate surface area is 115 Å². The highest BCUT2D eigenvalue weighted by molar-refractivity contribution is 5.19. The molecule has 2 saturated carbocycles. The number of fused-ring (bicyclic) bond motifs is 2. The van der Waals surface area contributed by atoms with Crippen LogP contribution in [0.15, 0.2) is 0 Å². The van der Waals surface area contributed by atoms with Gasteiger partial charge in [0.15, 0.2) is 0 Å². The molecule has 0 saturated heterocycles. The van der Waals surface area contributed by atoms with Crippen LogP contribution < -0.4 is 5.32 Å². The summed E-state index contributed by atoms with van der Waals surface area (Å²) in [5, 5.41) is 12.7. The first-order chi connectivity index (χ1) is 9.40. The van der Waals surface area contributed by atoms with Gasteiger partial charge in [-0.1, -0.05) is 26.2 Å². The highest BCUT2D eigenvalue weighted by Gasteiger charge is 2.54. The zero-order valence-electron chi connectivity index (χ0n) is 11.8. The predicted molar refractivity (Wildman–Crippen MR) is 73.9 cm³/mol. The van der Waals surface area contributed by atoms with E-state index in [9.17, 15) is 0 Å². The van der Waals surface area contributed by atoms with Crippen molar-refractivity contribution in [1.29, 1.82) is 0 Å². The molecule has 4 heteroatoms. The Bertz CT molecular complexity index is 455. The van der Waals surface area contributed by atoms with E-state index in [-0.39, 0.29) is 0 Å². The first-order valence-corrected chi connectivity index (χ1v) is 8.06. The average molecular weight is 260 g/mol. The summed E-state index contributed by atoms with van der Waals surface area (Å²) in [5.74, 6) is 5.12. The molecule has 0 amide bonds. The third kappa shape index (κ3) is 1.83. The summed E-state index contributed by atoms with van der Waals surface area (Å²) < 4.78 is 2.44. The summed E-state index contributed by atoms with van der Waals surface area (Å²) in [7, 11) is 0. The molecule has 2 aliphatic carbocycles. The molecule has 1 aliphatic heterocycles. The van der Waals surface area contributed by atoms with Gasteiger partial charge in [0.1, 0.15) is 11.6 Å². The molecule has 3 atom stereocenters. The van der Waals surface area contributed by atoms with Gasteiger partial charge in [-0.3, -0.25) is 0 Å². The molecule has 2 heterocycles. The zero-order chi connectivity index (χ0) is 12.8. The van der Waals surface area contributed by atoms with Gasteiger partial charge in [0.25, 0.3) is 0 Å². The SMILES string of the molecule is CCCC1NCCn2c1nnc2C1C2CCCCC21. The Morgan fingerprint density at radius 2 is 1.89 bits per heavy atom. The zero-order valence-corrected chi connectivity index (χ0v) is 11.8. The maximum absolute atomic E-state index is 4.59. The molecule has 2 fully saturated rings. The van der Waals surface area contributed by atoms with E-state index in [1.54, 1.807) is 0 Å². The molecule has 104 valence electrons. The summed E-state index contributed by atoms with van der Waals surface area (Å²) in [5.41, 5.74) is 0. The van der Waals surface area contributed by atoms with Gasteiger partial charge in [0, 0.05) is 19.0 Å². The highest BCUT2D eigenvalue weighted by Crippen LogP contribution is 2.60. The van der Waals surface area contributed by atoms with Crippen molar-refractivity contribution >= 4 is 0 Å². The fourth-order valence-electron chi connectivity index (χ4n) is 4.40. The number of aromatic nitrogens is 3. The summed E-state index contributed by atoms with van der Waals surface area (Å²) >= 11 is 0. The molecular formula is C15H24N4. The minimum atomic E-state index is 0.431. The van der Waals surface area contributed by atoms with Gasteiger partial charge in [0.2, 0.25) is 0 Å². The summed E-state index contributed by atoms with van der Waals surface area (Å²) in [6, 6.07) is 0.431. The normalized spacial score (nSPS) is 36.7. The number of nitrogens with zero attached hydrogens (tertiary/aromatic N) is 3. The van der Waals surface area contributed by atoms with E-state index in [0.717, 1.165) is 30.8 Å². The van der Waals surface area contributed by atoms with Crippen LogP contribution in [0.1, 0.15) is 69.1 Å². The molecule has 0 spiro atoms. The van der Waals surface area contributed by atoms with E-state index in [0.29, 0.717) is 6.04 Å². The third-order valence-electron chi connectivity index (χ3n) is 5.38. The van der Waals surface area contributed by atoms with E-state index in [4.69, 9.17) is 0 Å². The molecule has 0 bridgehead atoms. The number of hydrogen-bond donors (Lipinski definition) is 1. The third-order valence-corrected chi connectivity index (χ3v) is 5.38. The van der Waals surface area contributed by atoms with Crippen LogP contribution in [0.25, 0.3) is 0 Å². The Morgan fingerprint density at radius 3 is 2.63 bits per heavy atom. The number of hydrogen-bond acceptors (Lipinski definition) is 3. The smallest absolute Gasteiger partial charge is 0.150 e. The lowest BCUT2D eigenvalue weighted by molar-refractivity contribution is 0.387. The topological polar surface area (TPSA) is 42.7 Å². The van der Waals surface area contributed by atoms with Crippen molar-refractivity contribution in [1.82, 2.24) is 20.1 Å². The van der Waals surface area contributed by atoms with Crippen LogP contribution in [0.5, 0.6) is 0 Å². The molecule has 0 radical (unpaired) electrons.